The van der Waals surface area contributed by atoms with Gasteiger partial charge < -0.3 is 5.73 Å². The molecule has 0 bridgehead atoms. The molecule has 0 atom stereocenters. The minimum atomic E-state index is 0.932. The topological polar surface area (TPSA) is 38.4 Å². The molecular weight excluding hydrogens is 184 g/mol. The minimum Gasteiger partial charge on any atom is -0.404 e. The molecule has 0 aromatic carbocycles. The van der Waals surface area contributed by atoms with Crippen molar-refractivity contribution in [3.05, 3.63) is 11.8 Å². The summed E-state index contributed by atoms with van der Waals surface area (Å²) in [5.41, 5.74) is 7.83. The first-order valence-electron chi connectivity index (χ1n) is 6.12. The predicted molar refractivity (Wildman–Crippen MR) is 67.1 cm³/mol. The van der Waals surface area contributed by atoms with Crippen LogP contribution >= 0.6 is 0 Å². The monoisotopic (exact) mass is 208 g/mol. The van der Waals surface area contributed by atoms with Crippen LogP contribution in [0.4, 0.5) is 0 Å². The first kappa shape index (κ1) is 12.3. The summed E-state index contributed by atoms with van der Waals surface area (Å²) in [6.45, 7) is 2.04. The fraction of sp³-hybridized carbons (Fsp3) is 0.769. The maximum atomic E-state index is 5.51. The van der Waals surface area contributed by atoms with Crippen molar-refractivity contribution in [2.24, 2.45) is 16.6 Å². The second-order valence-electron chi connectivity index (χ2n) is 4.56. The molecule has 0 aromatic rings. The average molecular weight is 208 g/mol. The van der Waals surface area contributed by atoms with Gasteiger partial charge in [0.05, 0.1) is 0 Å². The van der Waals surface area contributed by atoms with Gasteiger partial charge in [-0.15, -0.1) is 0 Å². The van der Waals surface area contributed by atoms with Gasteiger partial charge in [-0.05, 0) is 37.5 Å². The molecule has 15 heavy (non-hydrogen) atoms. The van der Waals surface area contributed by atoms with E-state index in [0.29, 0.717) is 0 Å². The Morgan fingerprint density at radius 2 is 2.00 bits per heavy atom. The quantitative estimate of drug-likeness (QED) is 0.707. The molecular formula is C13H24N2. The summed E-state index contributed by atoms with van der Waals surface area (Å²) in [6, 6.07) is 0. The Hall–Kier alpha value is -0.790. The van der Waals surface area contributed by atoms with Gasteiger partial charge >= 0.3 is 0 Å². The highest BCUT2D eigenvalue weighted by molar-refractivity contribution is 5.99. The number of nitrogens with two attached hydrogens (primary N) is 1. The lowest BCUT2D eigenvalue weighted by atomic mass is 9.85. The van der Waals surface area contributed by atoms with Crippen LogP contribution < -0.4 is 5.73 Å². The second-order valence-corrected chi connectivity index (χ2v) is 4.56. The van der Waals surface area contributed by atoms with Crippen molar-refractivity contribution in [2.45, 2.75) is 51.9 Å². The Morgan fingerprint density at radius 3 is 2.53 bits per heavy atom. The number of hydrogen-bond acceptors (Lipinski definition) is 2. The van der Waals surface area contributed by atoms with Crippen LogP contribution in [0.15, 0.2) is 16.8 Å². The van der Waals surface area contributed by atoms with Gasteiger partial charge in [-0.1, -0.05) is 32.1 Å². The van der Waals surface area contributed by atoms with Gasteiger partial charge in [-0.2, -0.15) is 0 Å². The normalized spacial score (nSPS) is 20.7. The Morgan fingerprint density at radius 1 is 1.33 bits per heavy atom. The maximum absolute atomic E-state index is 5.51. The van der Waals surface area contributed by atoms with Crippen molar-refractivity contribution < 1.29 is 0 Å². The molecule has 0 unspecified atom stereocenters. The molecule has 0 amide bonds. The van der Waals surface area contributed by atoms with Crippen LogP contribution in [0.5, 0.6) is 0 Å². The lowest BCUT2D eigenvalue weighted by molar-refractivity contribution is 0.343. The fourth-order valence-corrected chi connectivity index (χ4v) is 2.40. The minimum absolute atomic E-state index is 0.932. The number of allylic oxidation sites excluding steroid dienone is 1. The first-order valence-corrected chi connectivity index (χ1v) is 6.12. The summed E-state index contributed by atoms with van der Waals surface area (Å²) < 4.78 is 0. The van der Waals surface area contributed by atoms with Crippen LogP contribution in [0, 0.1) is 5.92 Å². The van der Waals surface area contributed by atoms with Crippen molar-refractivity contribution in [3.63, 3.8) is 0 Å². The third kappa shape index (κ3) is 4.06. The SMILES string of the molecule is CN=C(CCC1CCCCC1)/C(C)=C\N. The summed E-state index contributed by atoms with van der Waals surface area (Å²) in [4.78, 5) is 4.31. The largest absolute Gasteiger partial charge is 0.404 e. The molecule has 1 aliphatic rings. The van der Waals surface area contributed by atoms with Crippen molar-refractivity contribution >= 4 is 5.71 Å². The molecule has 0 heterocycles. The number of aliphatic imine (C=N–C) groups is 1. The van der Waals surface area contributed by atoms with Gasteiger partial charge in [-0.25, -0.2) is 0 Å². The zero-order valence-corrected chi connectivity index (χ0v) is 10.1. The zero-order valence-electron chi connectivity index (χ0n) is 10.1. The Kier molecular flexibility index (Phi) is 5.44. The molecule has 2 N–H and O–H groups in total. The highest BCUT2D eigenvalue weighted by atomic mass is 14.7. The molecule has 1 fully saturated rings. The molecule has 0 spiro atoms. The number of nitrogens with zero attached hydrogens (tertiary/aromatic N) is 1. The van der Waals surface area contributed by atoms with E-state index in [1.54, 1.807) is 6.20 Å². The molecule has 1 rings (SSSR count). The average Bonchev–Trinajstić information content (AvgIpc) is 2.31. The highest BCUT2D eigenvalue weighted by Gasteiger charge is 2.14. The smallest absolute Gasteiger partial charge is 0.0388 e. The zero-order chi connectivity index (χ0) is 11.1. The van der Waals surface area contributed by atoms with Gasteiger partial charge in [0.2, 0.25) is 0 Å². The van der Waals surface area contributed by atoms with Crippen LogP contribution in [0.1, 0.15) is 51.9 Å². The molecule has 86 valence electrons. The van der Waals surface area contributed by atoms with Gasteiger partial charge in [0, 0.05) is 12.8 Å². The van der Waals surface area contributed by atoms with Gasteiger partial charge in [0.25, 0.3) is 0 Å². The van der Waals surface area contributed by atoms with Crippen molar-refractivity contribution in [3.8, 4) is 0 Å². The standard InChI is InChI=1S/C13H24N2/c1-11(10-14)13(15-2)9-8-12-6-4-3-5-7-12/h10,12H,3-9,14H2,1-2H3/b11-10-,15-13?. The molecule has 0 radical (unpaired) electrons. The highest BCUT2D eigenvalue weighted by Crippen LogP contribution is 2.27. The van der Waals surface area contributed by atoms with Gasteiger partial charge in [0.1, 0.15) is 0 Å². The van der Waals surface area contributed by atoms with E-state index in [9.17, 15) is 0 Å². The third-order valence-corrected chi connectivity index (χ3v) is 3.49. The summed E-state index contributed by atoms with van der Waals surface area (Å²) in [6.07, 6.45) is 11.2. The van der Waals surface area contributed by atoms with Crippen LogP contribution in [0.2, 0.25) is 0 Å². The van der Waals surface area contributed by atoms with E-state index in [2.05, 4.69) is 4.99 Å². The number of hydrogen-bond donors (Lipinski definition) is 1. The van der Waals surface area contributed by atoms with Crippen LogP contribution in [-0.2, 0) is 0 Å². The lowest BCUT2D eigenvalue weighted by Gasteiger charge is -2.21. The summed E-state index contributed by atoms with van der Waals surface area (Å²) in [7, 11) is 1.86. The van der Waals surface area contributed by atoms with E-state index in [0.717, 1.165) is 17.9 Å². The summed E-state index contributed by atoms with van der Waals surface area (Å²) in [5.74, 6) is 0.932. The lowest BCUT2D eigenvalue weighted by Crippen LogP contribution is -2.10. The molecule has 2 nitrogen and oxygen atoms in total. The fourth-order valence-electron chi connectivity index (χ4n) is 2.40. The van der Waals surface area contributed by atoms with Gasteiger partial charge in [0.15, 0.2) is 0 Å². The Bertz CT molecular complexity index is 235. The molecule has 2 heteroatoms. The third-order valence-electron chi connectivity index (χ3n) is 3.49. The van der Waals surface area contributed by atoms with Crippen molar-refractivity contribution in [1.29, 1.82) is 0 Å². The summed E-state index contributed by atoms with van der Waals surface area (Å²) >= 11 is 0. The molecule has 0 aliphatic heterocycles. The molecule has 0 aromatic heterocycles. The Balaban J connectivity index is 2.34. The number of rotatable bonds is 4. The summed E-state index contributed by atoms with van der Waals surface area (Å²) in [5, 5.41) is 0. The van der Waals surface area contributed by atoms with E-state index in [1.165, 1.54) is 44.2 Å². The first-order chi connectivity index (χ1) is 7.27. The van der Waals surface area contributed by atoms with E-state index in [4.69, 9.17) is 5.73 Å². The molecule has 1 aliphatic carbocycles. The molecule has 0 saturated heterocycles. The van der Waals surface area contributed by atoms with E-state index in [-0.39, 0.29) is 0 Å². The Labute approximate surface area is 93.7 Å². The molecule has 1 saturated carbocycles. The van der Waals surface area contributed by atoms with E-state index >= 15 is 0 Å². The predicted octanol–water partition coefficient (Wildman–Crippen LogP) is 3.28. The van der Waals surface area contributed by atoms with E-state index in [1.807, 2.05) is 14.0 Å². The van der Waals surface area contributed by atoms with E-state index < -0.39 is 0 Å². The van der Waals surface area contributed by atoms with Crippen LogP contribution in [-0.4, -0.2) is 12.8 Å². The van der Waals surface area contributed by atoms with Crippen molar-refractivity contribution in [2.75, 3.05) is 7.05 Å². The van der Waals surface area contributed by atoms with Gasteiger partial charge in [-0.3, -0.25) is 4.99 Å². The van der Waals surface area contributed by atoms with Crippen molar-refractivity contribution in [1.82, 2.24) is 0 Å². The van der Waals surface area contributed by atoms with Crippen LogP contribution in [0.25, 0.3) is 0 Å². The van der Waals surface area contributed by atoms with Crippen LogP contribution in [0.3, 0.4) is 0 Å². The second kappa shape index (κ2) is 6.65. The maximum Gasteiger partial charge on any atom is 0.0388 e.